The molecule has 2 aliphatic rings. The van der Waals surface area contributed by atoms with Gasteiger partial charge in [0.05, 0.1) is 4.87 Å². The fraction of sp³-hybridized carbons (Fsp3) is 0.867. The van der Waals surface area contributed by atoms with E-state index in [2.05, 4.69) is 12.6 Å². The van der Waals surface area contributed by atoms with Crippen LogP contribution < -0.4 is 0 Å². The number of carbonyl (C=O) groups excluding carboxylic acids is 1. The first-order valence-electron chi connectivity index (χ1n) is 7.62. The Morgan fingerprint density at radius 2 is 1.90 bits per heavy atom. The average molecular weight is 332 g/mol. The van der Waals surface area contributed by atoms with Gasteiger partial charge in [-0.3, -0.25) is 4.79 Å². The maximum atomic E-state index is 12.9. The first-order chi connectivity index (χ1) is 9.75. The van der Waals surface area contributed by atoms with Crippen LogP contribution in [0.1, 0.15) is 52.9 Å². The quantitative estimate of drug-likeness (QED) is 0.781. The molecule has 2 fully saturated rings. The summed E-state index contributed by atoms with van der Waals surface area (Å²) in [7, 11) is 0. The Morgan fingerprint density at radius 3 is 2.38 bits per heavy atom. The molecule has 1 N–H and O–H groups in total. The van der Waals surface area contributed by atoms with Crippen molar-refractivity contribution in [2.24, 2.45) is 5.92 Å². The molecule has 1 saturated carbocycles. The lowest BCUT2D eigenvalue weighted by Crippen LogP contribution is -2.57. The minimum absolute atomic E-state index is 0.0580. The molecule has 1 aliphatic carbocycles. The lowest BCUT2D eigenvalue weighted by atomic mass is 9.89. The third-order valence-corrected chi connectivity index (χ3v) is 6.89. The molecule has 1 heterocycles. The zero-order valence-corrected chi connectivity index (χ0v) is 14.7. The van der Waals surface area contributed by atoms with Gasteiger partial charge in [0, 0.05) is 16.4 Å². The van der Waals surface area contributed by atoms with Crippen molar-refractivity contribution in [1.29, 1.82) is 0 Å². The van der Waals surface area contributed by atoms with Crippen LogP contribution >= 0.6 is 24.4 Å². The third kappa shape index (κ3) is 2.93. The molecule has 1 saturated heterocycles. The van der Waals surface area contributed by atoms with Gasteiger partial charge < -0.3 is 10.0 Å². The zero-order valence-electron chi connectivity index (χ0n) is 13.0. The predicted molar refractivity (Wildman–Crippen MR) is 88.8 cm³/mol. The van der Waals surface area contributed by atoms with Gasteiger partial charge in [0.1, 0.15) is 6.04 Å². The molecule has 0 bridgehead atoms. The van der Waals surface area contributed by atoms with Gasteiger partial charge in [-0.1, -0.05) is 26.2 Å². The average Bonchev–Trinajstić information content (AvgIpc) is 2.64. The fourth-order valence-corrected chi connectivity index (χ4v) is 5.88. The van der Waals surface area contributed by atoms with Gasteiger partial charge in [-0.15, -0.1) is 11.8 Å². The van der Waals surface area contributed by atoms with Crippen LogP contribution in [0.3, 0.4) is 0 Å². The summed E-state index contributed by atoms with van der Waals surface area (Å²) < 4.78 is -0.463. The van der Waals surface area contributed by atoms with Crippen molar-refractivity contribution >= 4 is 36.3 Å². The van der Waals surface area contributed by atoms with E-state index in [1.807, 2.05) is 20.8 Å². The smallest absolute Gasteiger partial charge is 0.327 e. The first-order valence-corrected chi connectivity index (χ1v) is 9.07. The molecule has 1 aliphatic heterocycles. The topological polar surface area (TPSA) is 57.6 Å². The van der Waals surface area contributed by atoms with Crippen LogP contribution in [-0.4, -0.2) is 43.3 Å². The number of carboxylic acid groups (broad SMARTS) is 1. The second kappa shape index (κ2) is 6.03. The van der Waals surface area contributed by atoms with E-state index in [0.29, 0.717) is 5.75 Å². The highest BCUT2D eigenvalue weighted by atomic mass is 32.2. The third-order valence-electron chi connectivity index (χ3n) is 4.61. The van der Waals surface area contributed by atoms with E-state index in [4.69, 9.17) is 0 Å². The van der Waals surface area contributed by atoms with Gasteiger partial charge in [-0.25, -0.2) is 4.79 Å². The zero-order chi connectivity index (χ0) is 15.8. The molecule has 0 aromatic carbocycles. The maximum Gasteiger partial charge on any atom is 0.327 e. The minimum Gasteiger partial charge on any atom is -0.480 e. The number of carboxylic acids is 1. The Balaban J connectivity index is 2.44. The molecule has 6 heteroatoms. The van der Waals surface area contributed by atoms with Crippen LogP contribution in [0.4, 0.5) is 0 Å². The van der Waals surface area contributed by atoms with Crippen molar-refractivity contribution in [3.63, 3.8) is 0 Å². The summed E-state index contributed by atoms with van der Waals surface area (Å²) in [5.74, 6) is -0.751. The first kappa shape index (κ1) is 17.0. The SMILES string of the molecule is CC(CS)C(=O)N1C(C(=O)O)C(C)(C)SC12CCCCC2. The maximum absolute atomic E-state index is 12.9. The summed E-state index contributed by atoms with van der Waals surface area (Å²) in [6.07, 6.45) is 5.10. The van der Waals surface area contributed by atoms with Gasteiger partial charge in [0.2, 0.25) is 5.91 Å². The standard InChI is InChI=1S/C15H25NO3S2/c1-10(9-20)12(17)16-11(13(18)19)14(2,3)21-15(16)7-5-4-6-8-15/h10-11,20H,4-9H2,1-3H3,(H,18,19). The molecular weight excluding hydrogens is 306 g/mol. The van der Waals surface area contributed by atoms with E-state index >= 15 is 0 Å². The summed E-state index contributed by atoms with van der Waals surface area (Å²) in [6.45, 7) is 5.73. The van der Waals surface area contributed by atoms with Crippen LogP contribution in [0.25, 0.3) is 0 Å². The van der Waals surface area contributed by atoms with Gasteiger partial charge in [-0.05, 0) is 26.7 Å². The Hall–Kier alpha value is -0.360. The summed E-state index contributed by atoms with van der Waals surface area (Å²) >= 11 is 5.91. The number of amides is 1. The van der Waals surface area contributed by atoms with Gasteiger partial charge >= 0.3 is 5.97 Å². The van der Waals surface area contributed by atoms with Gasteiger partial charge in [-0.2, -0.15) is 12.6 Å². The second-order valence-electron chi connectivity index (χ2n) is 6.74. The predicted octanol–water partition coefficient (Wildman–Crippen LogP) is 3.02. The molecule has 4 nitrogen and oxygen atoms in total. The highest BCUT2D eigenvalue weighted by Crippen LogP contribution is 2.57. The minimum atomic E-state index is -0.894. The number of thioether (sulfide) groups is 1. The van der Waals surface area contributed by atoms with Crippen molar-refractivity contribution in [1.82, 2.24) is 4.90 Å². The van der Waals surface area contributed by atoms with Crippen molar-refractivity contribution in [3.05, 3.63) is 0 Å². The number of nitrogens with zero attached hydrogens (tertiary/aromatic N) is 1. The Kier molecular flexibility index (Phi) is 4.88. The van der Waals surface area contributed by atoms with E-state index in [1.54, 1.807) is 16.7 Å². The molecule has 0 radical (unpaired) electrons. The molecule has 2 unspecified atom stereocenters. The highest BCUT2D eigenvalue weighted by molar-refractivity contribution is 8.02. The molecule has 120 valence electrons. The summed E-state index contributed by atoms with van der Waals surface area (Å²) in [5, 5.41) is 9.71. The summed E-state index contributed by atoms with van der Waals surface area (Å²) in [6, 6.07) is -0.754. The fourth-order valence-electron chi connectivity index (χ4n) is 3.64. The molecule has 2 rings (SSSR count). The lowest BCUT2D eigenvalue weighted by Gasteiger charge is -2.42. The number of hydrogen-bond donors (Lipinski definition) is 2. The van der Waals surface area contributed by atoms with Gasteiger partial charge in [0.15, 0.2) is 0 Å². The Morgan fingerprint density at radius 1 is 1.33 bits per heavy atom. The number of aliphatic carboxylic acids is 1. The van der Waals surface area contributed by atoms with Crippen molar-refractivity contribution < 1.29 is 14.7 Å². The van der Waals surface area contributed by atoms with E-state index in [9.17, 15) is 14.7 Å². The van der Waals surface area contributed by atoms with Crippen molar-refractivity contribution in [2.75, 3.05) is 5.75 Å². The van der Waals surface area contributed by atoms with E-state index in [0.717, 1.165) is 25.7 Å². The highest BCUT2D eigenvalue weighted by Gasteiger charge is 2.61. The molecule has 2 atom stereocenters. The second-order valence-corrected chi connectivity index (χ2v) is 9.13. The van der Waals surface area contributed by atoms with E-state index < -0.39 is 16.8 Å². The summed E-state index contributed by atoms with van der Waals surface area (Å²) in [5.41, 5.74) is 0. The largest absolute Gasteiger partial charge is 0.480 e. The van der Waals surface area contributed by atoms with Crippen LogP contribution in [0.15, 0.2) is 0 Å². The van der Waals surface area contributed by atoms with E-state index in [1.165, 1.54) is 6.42 Å². The monoisotopic (exact) mass is 331 g/mol. The molecule has 21 heavy (non-hydrogen) atoms. The summed E-state index contributed by atoms with van der Waals surface area (Å²) in [4.78, 5) is 26.1. The van der Waals surface area contributed by atoms with Crippen LogP contribution in [0, 0.1) is 5.92 Å². The molecule has 1 spiro atoms. The molecule has 0 aromatic heterocycles. The van der Waals surface area contributed by atoms with Crippen molar-refractivity contribution in [2.45, 2.75) is 68.5 Å². The van der Waals surface area contributed by atoms with Gasteiger partial charge in [0.25, 0.3) is 0 Å². The van der Waals surface area contributed by atoms with Crippen molar-refractivity contribution in [3.8, 4) is 0 Å². The van der Waals surface area contributed by atoms with Crippen LogP contribution in [0.5, 0.6) is 0 Å². The lowest BCUT2D eigenvalue weighted by molar-refractivity contribution is -0.155. The number of carbonyl (C=O) groups is 2. The number of hydrogen-bond acceptors (Lipinski definition) is 4. The number of rotatable bonds is 3. The normalized spacial score (nSPS) is 28.6. The Bertz CT molecular complexity index is 433. The molecule has 0 aromatic rings. The number of thiol groups is 1. The molecule has 1 amide bonds. The van der Waals surface area contributed by atoms with Crippen LogP contribution in [0.2, 0.25) is 0 Å². The molecular formula is C15H25NO3S2. The Labute approximate surface area is 136 Å². The van der Waals surface area contributed by atoms with Crippen LogP contribution in [-0.2, 0) is 9.59 Å². The van der Waals surface area contributed by atoms with E-state index in [-0.39, 0.29) is 16.7 Å².